The van der Waals surface area contributed by atoms with Gasteiger partial charge in [-0.25, -0.2) is 0 Å². The maximum absolute atomic E-state index is 10.4. The standard InChI is InChI=1S/C16H18O/c1-11-7-9-14(10-8-11)16(17)15-12(2)5-4-6-13(15)3/h4-10,16-17H,1-3H3. The molecule has 1 heteroatoms. The van der Waals surface area contributed by atoms with Crippen molar-refractivity contribution in [2.24, 2.45) is 0 Å². The van der Waals surface area contributed by atoms with E-state index in [9.17, 15) is 5.11 Å². The molecule has 0 aliphatic rings. The first-order valence-electron chi connectivity index (χ1n) is 5.90. The van der Waals surface area contributed by atoms with Crippen LogP contribution in [-0.4, -0.2) is 5.11 Å². The number of aliphatic hydroxyl groups excluding tert-OH is 1. The summed E-state index contributed by atoms with van der Waals surface area (Å²) in [5, 5.41) is 10.4. The summed E-state index contributed by atoms with van der Waals surface area (Å²) in [6, 6.07) is 14.2. The number of hydrogen-bond acceptors (Lipinski definition) is 1. The summed E-state index contributed by atoms with van der Waals surface area (Å²) in [6.45, 7) is 6.13. The van der Waals surface area contributed by atoms with Crippen molar-refractivity contribution in [2.45, 2.75) is 26.9 Å². The van der Waals surface area contributed by atoms with E-state index < -0.39 is 6.10 Å². The molecule has 0 amide bonds. The Hall–Kier alpha value is -1.60. The van der Waals surface area contributed by atoms with Gasteiger partial charge in [-0.3, -0.25) is 0 Å². The highest BCUT2D eigenvalue weighted by Gasteiger charge is 2.14. The van der Waals surface area contributed by atoms with Crippen molar-refractivity contribution in [2.75, 3.05) is 0 Å². The topological polar surface area (TPSA) is 20.2 Å². The maximum Gasteiger partial charge on any atom is 0.105 e. The first kappa shape index (κ1) is 11.9. The van der Waals surface area contributed by atoms with E-state index in [0.29, 0.717) is 0 Å². The van der Waals surface area contributed by atoms with Crippen LogP contribution < -0.4 is 0 Å². The Bertz CT molecular complexity index is 491. The van der Waals surface area contributed by atoms with Gasteiger partial charge in [-0.2, -0.15) is 0 Å². The van der Waals surface area contributed by atoms with Crippen LogP contribution in [0.4, 0.5) is 0 Å². The van der Waals surface area contributed by atoms with Gasteiger partial charge in [0.2, 0.25) is 0 Å². The highest BCUT2D eigenvalue weighted by molar-refractivity contribution is 5.40. The molecule has 1 atom stereocenters. The van der Waals surface area contributed by atoms with Gasteiger partial charge >= 0.3 is 0 Å². The van der Waals surface area contributed by atoms with Crippen molar-refractivity contribution in [1.29, 1.82) is 0 Å². The van der Waals surface area contributed by atoms with Gasteiger partial charge in [0.15, 0.2) is 0 Å². The Morgan fingerprint density at radius 2 is 1.35 bits per heavy atom. The van der Waals surface area contributed by atoms with Crippen LogP contribution in [0.15, 0.2) is 42.5 Å². The Balaban J connectivity index is 2.43. The SMILES string of the molecule is Cc1ccc(C(O)c2c(C)cccc2C)cc1. The zero-order valence-corrected chi connectivity index (χ0v) is 10.6. The van der Waals surface area contributed by atoms with E-state index in [2.05, 4.69) is 6.92 Å². The van der Waals surface area contributed by atoms with Crippen molar-refractivity contribution < 1.29 is 5.11 Å². The van der Waals surface area contributed by atoms with E-state index in [-0.39, 0.29) is 0 Å². The molecule has 2 aromatic rings. The predicted octanol–water partition coefficient (Wildman–Crippen LogP) is 3.69. The van der Waals surface area contributed by atoms with Crippen molar-refractivity contribution in [3.8, 4) is 0 Å². The quantitative estimate of drug-likeness (QED) is 0.828. The molecule has 0 heterocycles. The van der Waals surface area contributed by atoms with Crippen LogP contribution in [0.25, 0.3) is 0 Å². The van der Waals surface area contributed by atoms with Crippen molar-refractivity contribution >= 4 is 0 Å². The predicted molar refractivity (Wildman–Crippen MR) is 71.2 cm³/mol. The van der Waals surface area contributed by atoms with E-state index in [1.54, 1.807) is 0 Å². The van der Waals surface area contributed by atoms with Gasteiger partial charge < -0.3 is 5.11 Å². The molecule has 0 aliphatic heterocycles. The van der Waals surface area contributed by atoms with Crippen molar-refractivity contribution in [3.05, 3.63) is 70.3 Å². The number of aliphatic hydroxyl groups is 1. The molecule has 0 bridgehead atoms. The first-order valence-corrected chi connectivity index (χ1v) is 5.90. The third-order valence-corrected chi connectivity index (χ3v) is 3.21. The monoisotopic (exact) mass is 226 g/mol. The molecule has 17 heavy (non-hydrogen) atoms. The second kappa shape index (κ2) is 4.72. The second-order valence-corrected chi connectivity index (χ2v) is 4.62. The zero-order chi connectivity index (χ0) is 12.4. The molecule has 88 valence electrons. The fraction of sp³-hybridized carbons (Fsp3) is 0.250. The second-order valence-electron chi connectivity index (χ2n) is 4.62. The summed E-state index contributed by atoms with van der Waals surface area (Å²) in [5.74, 6) is 0. The minimum absolute atomic E-state index is 0.531. The van der Waals surface area contributed by atoms with E-state index in [1.807, 2.05) is 56.3 Å². The molecule has 0 aromatic heterocycles. The highest BCUT2D eigenvalue weighted by atomic mass is 16.3. The molecule has 0 aliphatic carbocycles. The number of rotatable bonds is 2. The molecule has 1 unspecified atom stereocenters. The Kier molecular flexibility index (Phi) is 3.30. The summed E-state index contributed by atoms with van der Waals surface area (Å²) >= 11 is 0. The Morgan fingerprint density at radius 1 is 0.824 bits per heavy atom. The van der Waals surface area contributed by atoms with Crippen LogP contribution in [0.5, 0.6) is 0 Å². The Morgan fingerprint density at radius 3 is 1.88 bits per heavy atom. The fourth-order valence-corrected chi connectivity index (χ4v) is 2.17. The van der Waals surface area contributed by atoms with Crippen LogP contribution in [0.3, 0.4) is 0 Å². The van der Waals surface area contributed by atoms with Gasteiger partial charge in [-0.05, 0) is 43.0 Å². The normalized spacial score (nSPS) is 12.5. The molecular weight excluding hydrogens is 208 g/mol. The van der Waals surface area contributed by atoms with E-state index in [1.165, 1.54) is 5.56 Å². The van der Waals surface area contributed by atoms with Crippen molar-refractivity contribution in [3.63, 3.8) is 0 Å². The summed E-state index contributed by atoms with van der Waals surface area (Å²) in [6.07, 6.45) is -0.531. The first-order chi connectivity index (χ1) is 8.09. The molecule has 2 rings (SSSR count). The number of aryl methyl sites for hydroxylation is 3. The maximum atomic E-state index is 10.4. The molecular formula is C16H18O. The van der Waals surface area contributed by atoms with Gasteiger partial charge in [-0.15, -0.1) is 0 Å². The number of hydrogen-bond donors (Lipinski definition) is 1. The minimum Gasteiger partial charge on any atom is -0.384 e. The Labute approximate surface area is 103 Å². The smallest absolute Gasteiger partial charge is 0.105 e. The van der Waals surface area contributed by atoms with Crippen LogP contribution in [0, 0.1) is 20.8 Å². The summed E-state index contributed by atoms with van der Waals surface area (Å²) in [7, 11) is 0. The fourth-order valence-electron chi connectivity index (χ4n) is 2.17. The lowest BCUT2D eigenvalue weighted by Gasteiger charge is -2.17. The summed E-state index contributed by atoms with van der Waals surface area (Å²) in [5.41, 5.74) is 5.46. The molecule has 0 fully saturated rings. The molecule has 0 spiro atoms. The minimum atomic E-state index is -0.531. The van der Waals surface area contributed by atoms with Crippen LogP contribution in [0.1, 0.15) is 33.9 Å². The van der Waals surface area contributed by atoms with Gasteiger partial charge in [0.1, 0.15) is 6.10 Å². The molecule has 2 aromatic carbocycles. The van der Waals surface area contributed by atoms with Crippen LogP contribution >= 0.6 is 0 Å². The van der Waals surface area contributed by atoms with Gasteiger partial charge in [0, 0.05) is 0 Å². The lowest BCUT2D eigenvalue weighted by atomic mass is 9.93. The van der Waals surface area contributed by atoms with Gasteiger partial charge in [0.25, 0.3) is 0 Å². The van der Waals surface area contributed by atoms with Gasteiger partial charge in [-0.1, -0.05) is 48.0 Å². The van der Waals surface area contributed by atoms with Crippen LogP contribution in [-0.2, 0) is 0 Å². The average molecular weight is 226 g/mol. The summed E-state index contributed by atoms with van der Waals surface area (Å²) < 4.78 is 0. The zero-order valence-electron chi connectivity index (χ0n) is 10.6. The average Bonchev–Trinajstić information content (AvgIpc) is 2.29. The molecule has 0 radical (unpaired) electrons. The lowest BCUT2D eigenvalue weighted by Crippen LogP contribution is -2.04. The largest absolute Gasteiger partial charge is 0.384 e. The molecule has 0 saturated carbocycles. The van der Waals surface area contributed by atoms with E-state index in [4.69, 9.17) is 0 Å². The van der Waals surface area contributed by atoms with Gasteiger partial charge in [0.05, 0.1) is 0 Å². The molecule has 1 nitrogen and oxygen atoms in total. The third-order valence-electron chi connectivity index (χ3n) is 3.21. The van der Waals surface area contributed by atoms with E-state index >= 15 is 0 Å². The summed E-state index contributed by atoms with van der Waals surface area (Å²) in [4.78, 5) is 0. The molecule has 0 saturated heterocycles. The third kappa shape index (κ3) is 2.40. The molecule has 1 N–H and O–H groups in total. The van der Waals surface area contributed by atoms with E-state index in [0.717, 1.165) is 22.3 Å². The van der Waals surface area contributed by atoms with Crippen LogP contribution in [0.2, 0.25) is 0 Å². The number of benzene rings is 2. The van der Waals surface area contributed by atoms with Crippen molar-refractivity contribution in [1.82, 2.24) is 0 Å². The highest BCUT2D eigenvalue weighted by Crippen LogP contribution is 2.27. The lowest BCUT2D eigenvalue weighted by molar-refractivity contribution is 0.219.